The lowest BCUT2D eigenvalue weighted by Crippen LogP contribution is -2.59. The maximum atomic E-state index is 3.85. The molecule has 0 unspecified atom stereocenters. The average molecular weight is 721 g/mol. The normalized spacial score (nSPS) is 13.1. The van der Waals surface area contributed by atoms with Crippen LogP contribution in [-0.4, -0.2) is 6.71 Å². The number of anilines is 3. The van der Waals surface area contributed by atoms with Crippen molar-refractivity contribution in [3.63, 3.8) is 0 Å². The molecular weight excluding hydrogens is 685 g/mol. The van der Waals surface area contributed by atoms with Gasteiger partial charge in [-0.1, -0.05) is 121 Å². The third-order valence-electron chi connectivity index (χ3n) is 9.16. The third kappa shape index (κ3) is 4.96. The first-order valence-electron chi connectivity index (χ1n) is 15.6. The second kappa shape index (κ2) is 11.5. The molecule has 0 bridgehead atoms. The molecule has 44 heavy (non-hydrogen) atoms. The van der Waals surface area contributed by atoms with Gasteiger partial charge in [-0.2, -0.15) is 0 Å². The molecule has 0 saturated carbocycles. The zero-order chi connectivity index (χ0) is 30.9. The molecule has 5 heteroatoms. The second-order valence-electron chi connectivity index (χ2n) is 13.0. The monoisotopic (exact) mass is 719 g/mol. The van der Waals surface area contributed by atoms with Gasteiger partial charge in [0.25, 0.3) is 0 Å². The van der Waals surface area contributed by atoms with E-state index in [4.69, 9.17) is 0 Å². The fourth-order valence-electron chi connectivity index (χ4n) is 6.99. The smallest absolute Gasteiger partial charge is 0.247 e. The van der Waals surface area contributed by atoms with Crippen LogP contribution in [0.4, 0.5) is 17.1 Å². The molecule has 0 fully saturated rings. The maximum Gasteiger partial charge on any atom is 0.247 e. The van der Waals surface area contributed by atoms with E-state index in [0.717, 1.165) is 8.95 Å². The van der Waals surface area contributed by atoms with E-state index in [1.807, 2.05) is 11.3 Å². The van der Waals surface area contributed by atoms with Gasteiger partial charge in [0, 0.05) is 46.2 Å². The largest absolute Gasteiger partial charge is 0.311 e. The summed E-state index contributed by atoms with van der Waals surface area (Å²) in [7, 11) is 0. The van der Waals surface area contributed by atoms with Gasteiger partial charge in [-0.25, -0.2) is 0 Å². The highest BCUT2D eigenvalue weighted by Gasteiger charge is 2.39. The van der Waals surface area contributed by atoms with Gasteiger partial charge in [-0.3, -0.25) is 0 Å². The lowest BCUT2D eigenvalue weighted by Gasteiger charge is -2.39. The molecule has 0 saturated heterocycles. The van der Waals surface area contributed by atoms with Crippen molar-refractivity contribution in [1.82, 2.24) is 0 Å². The molecule has 1 aliphatic heterocycles. The fraction of sp³-hybridized carbons (Fsp3) is 0.231. The number of hydrogen-bond acceptors (Lipinski definition) is 2. The molecule has 6 aromatic rings. The maximum absolute atomic E-state index is 3.85. The number of fused-ring (bicyclic) bond motifs is 5. The summed E-state index contributed by atoms with van der Waals surface area (Å²) in [6.07, 6.45) is 0. The average Bonchev–Trinajstić information content (AvgIpc) is 3.34. The number of halogens is 2. The van der Waals surface area contributed by atoms with Crippen LogP contribution >= 0.6 is 43.2 Å². The summed E-state index contributed by atoms with van der Waals surface area (Å²) in [5.74, 6) is 1.29. The van der Waals surface area contributed by atoms with Crippen LogP contribution in [-0.2, 0) is 0 Å². The van der Waals surface area contributed by atoms with Crippen molar-refractivity contribution in [2.75, 3.05) is 4.90 Å². The zero-order valence-corrected chi connectivity index (χ0v) is 30.1. The molecule has 1 aliphatic rings. The molecule has 0 spiro atoms. The first-order chi connectivity index (χ1) is 21.1. The Morgan fingerprint density at radius 1 is 0.591 bits per heavy atom. The van der Waals surface area contributed by atoms with Crippen molar-refractivity contribution in [1.29, 1.82) is 0 Å². The Morgan fingerprint density at radius 3 is 1.86 bits per heavy atom. The molecule has 220 valence electrons. The summed E-state index contributed by atoms with van der Waals surface area (Å²) in [6, 6.07) is 34.5. The first-order valence-corrected chi connectivity index (χ1v) is 18.0. The Bertz CT molecular complexity index is 2010. The highest BCUT2D eigenvalue weighted by molar-refractivity contribution is 9.10. The lowest BCUT2D eigenvalue weighted by atomic mass is 9.33. The van der Waals surface area contributed by atoms with Crippen molar-refractivity contribution in [2.24, 2.45) is 0 Å². The Morgan fingerprint density at radius 2 is 1.20 bits per heavy atom. The van der Waals surface area contributed by atoms with Crippen LogP contribution in [0.25, 0.3) is 20.2 Å². The second-order valence-corrected chi connectivity index (χ2v) is 15.9. The number of para-hydroxylation sites is 1. The highest BCUT2D eigenvalue weighted by atomic mass is 79.9. The van der Waals surface area contributed by atoms with Crippen LogP contribution in [0.5, 0.6) is 0 Å². The predicted octanol–water partition coefficient (Wildman–Crippen LogP) is 11.2. The quantitative estimate of drug-likeness (QED) is 0.160. The highest BCUT2D eigenvalue weighted by Crippen LogP contribution is 2.43. The van der Waals surface area contributed by atoms with E-state index in [0.29, 0.717) is 17.8 Å². The minimum atomic E-state index is 0.116. The van der Waals surface area contributed by atoms with Gasteiger partial charge in [-0.15, -0.1) is 11.3 Å². The summed E-state index contributed by atoms with van der Waals surface area (Å²) >= 11 is 9.46. The van der Waals surface area contributed by atoms with Crippen molar-refractivity contribution in [2.45, 2.75) is 59.3 Å². The van der Waals surface area contributed by atoms with Crippen molar-refractivity contribution < 1.29 is 0 Å². The summed E-state index contributed by atoms with van der Waals surface area (Å²) in [5.41, 5.74) is 12.3. The van der Waals surface area contributed by atoms with E-state index < -0.39 is 0 Å². The minimum absolute atomic E-state index is 0.116. The molecular formula is C39H36BBr2NS. The minimum Gasteiger partial charge on any atom is -0.311 e. The molecule has 2 heterocycles. The molecule has 7 rings (SSSR count). The Labute approximate surface area is 282 Å². The molecule has 5 aromatic carbocycles. The lowest BCUT2D eigenvalue weighted by molar-refractivity contribution is 0.812. The van der Waals surface area contributed by atoms with Gasteiger partial charge >= 0.3 is 0 Å². The van der Waals surface area contributed by atoms with Gasteiger partial charge in [-0.05, 0) is 93.9 Å². The third-order valence-corrected chi connectivity index (χ3v) is 11.3. The van der Waals surface area contributed by atoms with Gasteiger partial charge in [0.05, 0.1) is 0 Å². The Kier molecular flexibility index (Phi) is 7.80. The van der Waals surface area contributed by atoms with E-state index in [2.05, 4.69) is 169 Å². The van der Waals surface area contributed by atoms with Crippen molar-refractivity contribution in [3.8, 4) is 0 Å². The fourth-order valence-corrected chi connectivity index (χ4v) is 9.03. The van der Waals surface area contributed by atoms with E-state index in [1.165, 1.54) is 70.3 Å². The van der Waals surface area contributed by atoms with E-state index in [9.17, 15) is 0 Å². The van der Waals surface area contributed by atoms with Crippen LogP contribution in [0.15, 0.2) is 99.9 Å². The summed E-state index contributed by atoms with van der Waals surface area (Å²) in [4.78, 5) is 2.49. The standard InChI is InChI=1S/C39H36BBr2NS/c1-22(2)25-16-30(23(3)4)39(31(17-25)24(5)6)40-33-15-13-26(41)18-35(33)43(28-10-8-7-9-11-28)36-20-32-29-14-12-27(42)19-37(29)44-38(32)21-34(36)40/h7-24H,1-6H3. The van der Waals surface area contributed by atoms with Crippen LogP contribution in [0.1, 0.15) is 76.0 Å². The van der Waals surface area contributed by atoms with E-state index in [1.54, 1.807) is 0 Å². The summed E-state index contributed by atoms with van der Waals surface area (Å²) < 4.78 is 4.86. The topological polar surface area (TPSA) is 3.24 Å². The summed E-state index contributed by atoms with van der Waals surface area (Å²) in [6.45, 7) is 14.2. The number of rotatable bonds is 5. The van der Waals surface area contributed by atoms with E-state index >= 15 is 0 Å². The van der Waals surface area contributed by atoms with Crippen LogP contribution in [0.2, 0.25) is 0 Å². The molecule has 0 amide bonds. The Balaban J connectivity index is 1.63. The molecule has 0 N–H and O–H groups in total. The molecule has 1 aromatic heterocycles. The van der Waals surface area contributed by atoms with E-state index in [-0.39, 0.29) is 6.71 Å². The van der Waals surface area contributed by atoms with Gasteiger partial charge in [0.2, 0.25) is 6.71 Å². The SMILES string of the molecule is CC(C)c1cc(C(C)C)c(B2c3ccc(Br)cc3N(c3ccccc3)c3cc4c(cc32)sc2cc(Br)ccc24)c(C(C)C)c1. The van der Waals surface area contributed by atoms with Gasteiger partial charge in [0.1, 0.15) is 0 Å². The predicted molar refractivity (Wildman–Crippen MR) is 203 cm³/mol. The van der Waals surface area contributed by atoms with Crippen molar-refractivity contribution in [3.05, 3.63) is 117 Å². The van der Waals surface area contributed by atoms with Gasteiger partial charge < -0.3 is 4.90 Å². The van der Waals surface area contributed by atoms with Crippen LogP contribution < -0.4 is 21.3 Å². The molecule has 0 radical (unpaired) electrons. The van der Waals surface area contributed by atoms with Crippen LogP contribution in [0.3, 0.4) is 0 Å². The number of nitrogens with zero attached hydrogens (tertiary/aromatic N) is 1. The number of benzene rings is 5. The van der Waals surface area contributed by atoms with Crippen LogP contribution in [0, 0.1) is 0 Å². The van der Waals surface area contributed by atoms with Gasteiger partial charge in [0.15, 0.2) is 0 Å². The molecule has 0 aliphatic carbocycles. The molecule has 1 nitrogen and oxygen atoms in total. The number of thiophene rings is 1. The van der Waals surface area contributed by atoms with Crippen molar-refractivity contribution >= 4 is 104 Å². The summed E-state index contributed by atoms with van der Waals surface area (Å²) in [5, 5.41) is 2.63. The molecule has 0 atom stereocenters. The zero-order valence-electron chi connectivity index (χ0n) is 26.1. The number of hydrogen-bond donors (Lipinski definition) is 0. The first kappa shape index (κ1) is 29.8. The Hall–Kier alpha value is -2.86.